The predicted molar refractivity (Wildman–Crippen MR) is 65.2 cm³/mol. The van der Waals surface area contributed by atoms with Gasteiger partial charge in [-0.25, -0.2) is 0 Å². The minimum Gasteiger partial charge on any atom is -0.356 e. The van der Waals surface area contributed by atoms with Crippen molar-refractivity contribution in [3.8, 4) is 18.2 Å². The summed E-state index contributed by atoms with van der Waals surface area (Å²) < 4.78 is 0. The van der Waals surface area contributed by atoms with Gasteiger partial charge in [-0.1, -0.05) is 0 Å². The predicted octanol–water partition coefficient (Wildman–Crippen LogP) is 2.56. The Morgan fingerprint density at radius 1 is 1.06 bits per heavy atom. The van der Waals surface area contributed by atoms with Gasteiger partial charge in [0.2, 0.25) is 0 Å². The van der Waals surface area contributed by atoms with Crippen molar-refractivity contribution >= 4 is 0 Å². The summed E-state index contributed by atoms with van der Waals surface area (Å²) in [6, 6.07) is 5.85. The Labute approximate surface area is 106 Å². The fourth-order valence-electron chi connectivity index (χ4n) is 2.52. The molecule has 0 saturated heterocycles. The van der Waals surface area contributed by atoms with E-state index in [0.29, 0.717) is 11.3 Å². The quantitative estimate of drug-likeness (QED) is 0.655. The van der Waals surface area contributed by atoms with E-state index in [2.05, 4.69) is 11.4 Å². The topological polar surface area (TPSA) is 83.4 Å². The second kappa shape index (κ2) is 4.78. The summed E-state index contributed by atoms with van der Waals surface area (Å²) in [5.74, 6) is 0. The second-order valence-corrected chi connectivity index (χ2v) is 4.37. The molecule has 1 aliphatic heterocycles. The van der Waals surface area contributed by atoms with Gasteiger partial charge in [-0.2, -0.15) is 15.8 Å². The van der Waals surface area contributed by atoms with Crippen LogP contribution < -0.4 is 5.32 Å². The first-order valence-corrected chi connectivity index (χ1v) is 5.88. The van der Waals surface area contributed by atoms with Crippen LogP contribution in [0.15, 0.2) is 33.7 Å². The SMILES string of the molecule is CC1=C2CCCCC2=C(C#N)C(=C(C#N)C#N)N1. The highest BCUT2D eigenvalue weighted by Crippen LogP contribution is 2.38. The highest BCUT2D eigenvalue weighted by Gasteiger charge is 2.27. The Bertz CT molecular complexity index is 596. The lowest BCUT2D eigenvalue weighted by Crippen LogP contribution is -2.24. The standard InChI is InChI=1S/C14H12N4/c1-9-11-4-2-3-5-12(11)13(8-17)14(18-9)10(6-15)7-16/h18H,2-5H2,1H3. The van der Waals surface area contributed by atoms with Crippen LogP contribution in [-0.2, 0) is 0 Å². The zero-order valence-electron chi connectivity index (χ0n) is 10.2. The van der Waals surface area contributed by atoms with Crippen LogP contribution in [-0.4, -0.2) is 0 Å². The van der Waals surface area contributed by atoms with Gasteiger partial charge in [-0.15, -0.1) is 0 Å². The Balaban J connectivity index is 2.67. The minimum atomic E-state index is -0.0250. The first kappa shape index (κ1) is 12.0. The molecule has 2 aliphatic rings. The monoisotopic (exact) mass is 236 g/mol. The molecule has 0 amide bonds. The molecule has 0 unspecified atom stereocenters. The summed E-state index contributed by atoms with van der Waals surface area (Å²) in [4.78, 5) is 0. The van der Waals surface area contributed by atoms with Crippen molar-refractivity contribution in [1.29, 1.82) is 15.8 Å². The minimum absolute atomic E-state index is 0.0250. The van der Waals surface area contributed by atoms with Gasteiger partial charge in [0.05, 0.1) is 11.3 Å². The molecule has 18 heavy (non-hydrogen) atoms. The summed E-state index contributed by atoms with van der Waals surface area (Å²) in [6.07, 6.45) is 3.99. The van der Waals surface area contributed by atoms with E-state index in [0.717, 1.165) is 37.0 Å². The normalized spacial score (nSPS) is 18.2. The van der Waals surface area contributed by atoms with Gasteiger partial charge < -0.3 is 5.32 Å². The fourth-order valence-corrected chi connectivity index (χ4v) is 2.52. The number of hydrogen-bond acceptors (Lipinski definition) is 4. The van der Waals surface area contributed by atoms with Gasteiger partial charge in [0.1, 0.15) is 18.2 Å². The Kier molecular flexibility index (Phi) is 3.18. The van der Waals surface area contributed by atoms with Crippen molar-refractivity contribution in [2.45, 2.75) is 32.6 Å². The van der Waals surface area contributed by atoms with Gasteiger partial charge in [-0.05, 0) is 43.8 Å². The first-order valence-electron chi connectivity index (χ1n) is 5.88. The summed E-state index contributed by atoms with van der Waals surface area (Å²) in [7, 11) is 0. The number of nitrogens with one attached hydrogen (secondary N) is 1. The van der Waals surface area contributed by atoms with Crippen molar-refractivity contribution in [1.82, 2.24) is 5.32 Å². The molecule has 0 atom stereocenters. The number of allylic oxidation sites excluding steroid dienone is 5. The van der Waals surface area contributed by atoms with Crippen molar-refractivity contribution in [2.24, 2.45) is 0 Å². The third-order valence-corrected chi connectivity index (χ3v) is 3.37. The van der Waals surface area contributed by atoms with E-state index in [1.807, 2.05) is 19.1 Å². The number of nitriles is 3. The summed E-state index contributed by atoms with van der Waals surface area (Å²) >= 11 is 0. The molecule has 0 aromatic rings. The van der Waals surface area contributed by atoms with Crippen molar-refractivity contribution in [2.75, 3.05) is 0 Å². The van der Waals surface area contributed by atoms with Crippen molar-refractivity contribution < 1.29 is 0 Å². The number of hydrogen-bond donors (Lipinski definition) is 1. The average molecular weight is 236 g/mol. The molecule has 4 heteroatoms. The fraction of sp³-hybridized carbons (Fsp3) is 0.357. The third kappa shape index (κ3) is 1.77. The van der Waals surface area contributed by atoms with Crippen LogP contribution in [0.1, 0.15) is 32.6 Å². The highest BCUT2D eigenvalue weighted by molar-refractivity contribution is 5.62. The smallest absolute Gasteiger partial charge is 0.154 e. The summed E-state index contributed by atoms with van der Waals surface area (Å²) in [5, 5.41) is 30.3. The molecular formula is C14H12N4. The van der Waals surface area contributed by atoms with Gasteiger partial charge in [0.25, 0.3) is 0 Å². The van der Waals surface area contributed by atoms with Gasteiger partial charge in [-0.3, -0.25) is 0 Å². The number of nitrogens with zero attached hydrogens (tertiary/aromatic N) is 3. The average Bonchev–Trinajstić information content (AvgIpc) is 2.41. The second-order valence-electron chi connectivity index (χ2n) is 4.37. The van der Waals surface area contributed by atoms with E-state index < -0.39 is 0 Å². The maximum Gasteiger partial charge on any atom is 0.154 e. The lowest BCUT2D eigenvalue weighted by atomic mass is 9.82. The Morgan fingerprint density at radius 2 is 1.67 bits per heavy atom. The van der Waals surface area contributed by atoms with Crippen LogP contribution in [0.5, 0.6) is 0 Å². The highest BCUT2D eigenvalue weighted by atomic mass is 14.9. The zero-order valence-corrected chi connectivity index (χ0v) is 10.2. The zero-order chi connectivity index (χ0) is 13.1. The van der Waals surface area contributed by atoms with Crippen LogP contribution in [0.2, 0.25) is 0 Å². The number of dihydropyridines is 1. The molecule has 0 spiro atoms. The third-order valence-electron chi connectivity index (χ3n) is 3.37. The van der Waals surface area contributed by atoms with E-state index in [4.69, 9.17) is 10.5 Å². The van der Waals surface area contributed by atoms with Crippen LogP contribution in [0, 0.1) is 34.0 Å². The van der Waals surface area contributed by atoms with Crippen LogP contribution in [0.4, 0.5) is 0 Å². The summed E-state index contributed by atoms with van der Waals surface area (Å²) in [5.41, 5.74) is 3.97. The van der Waals surface area contributed by atoms with E-state index in [-0.39, 0.29) is 5.57 Å². The van der Waals surface area contributed by atoms with Crippen molar-refractivity contribution in [3.63, 3.8) is 0 Å². The van der Waals surface area contributed by atoms with E-state index in [1.165, 1.54) is 5.57 Å². The molecule has 1 heterocycles. The molecule has 0 aromatic carbocycles. The Morgan fingerprint density at radius 3 is 2.22 bits per heavy atom. The molecule has 88 valence electrons. The molecule has 2 rings (SSSR count). The number of fused-ring (bicyclic) bond motifs is 1. The van der Waals surface area contributed by atoms with Gasteiger partial charge in [0.15, 0.2) is 5.57 Å². The van der Waals surface area contributed by atoms with Crippen LogP contribution >= 0.6 is 0 Å². The molecular weight excluding hydrogens is 224 g/mol. The number of rotatable bonds is 0. The van der Waals surface area contributed by atoms with Crippen molar-refractivity contribution in [3.05, 3.63) is 33.7 Å². The molecule has 0 bridgehead atoms. The molecule has 0 aromatic heterocycles. The molecule has 1 N–H and O–H groups in total. The van der Waals surface area contributed by atoms with E-state index in [1.54, 1.807) is 0 Å². The maximum absolute atomic E-state index is 9.30. The van der Waals surface area contributed by atoms with Crippen LogP contribution in [0.25, 0.3) is 0 Å². The van der Waals surface area contributed by atoms with Gasteiger partial charge >= 0.3 is 0 Å². The van der Waals surface area contributed by atoms with Gasteiger partial charge in [0, 0.05) is 5.70 Å². The van der Waals surface area contributed by atoms with E-state index in [9.17, 15) is 5.26 Å². The Hall–Kier alpha value is -2.51. The van der Waals surface area contributed by atoms with Crippen LogP contribution in [0.3, 0.4) is 0 Å². The lowest BCUT2D eigenvalue weighted by Gasteiger charge is -2.28. The molecule has 1 fully saturated rings. The van der Waals surface area contributed by atoms with E-state index >= 15 is 0 Å². The summed E-state index contributed by atoms with van der Waals surface area (Å²) in [6.45, 7) is 1.93. The lowest BCUT2D eigenvalue weighted by molar-refractivity contribution is 0.655. The molecule has 4 nitrogen and oxygen atoms in total. The molecule has 0 radical (unpaired) electrons. The molecule has 1 aliphatic carbocycles. The molecule has 1 saturated carbocycles. The first-order chi connectivity index (χ1) is 8.72. The largest absolute Gasteiger partial charge is 0.356 e. The maximum atomic E-state index is 9.30.